The summed E-state index contributed by atoms with van der Waals surface area (Å²) in [5.74, 6) is -9.41. The highest BCUT2D eigenvalue weighted by Gasteiger charge is 2.64. The fourth-order valence-electron chi connectivity index (χ4n) is 10.8. The highest BCUT2D eigenvalue weighted by atomic mass is 16.8. The number of carbonyl (C=O) groups is 5. The lowest BCUT2D eigenvalue weighted by Crippen LogP contribution is -2.69. The number of benzene rings is 3. The van der Waals surface area contributed by atoms with Gasteiger partial charge in [-0.1, -0.05) is 30.3 Å². The molecule has 5 fully saturated rings. The zero-order valence-electron chi connectivity index (χ0n) is 51.5. The molecule has 35 nitrogen and oxygen atoms in total. The van der Waals surface area contributed by atoms with E-state index in [2.05, 4.69) is 0 Å². The second-order valence-corrected chi connectivity index (χ2v) is 22.4. The molecular formula is C61H76O35. The number of carbonyl (C=O) groups excluding carboxylic acids is 5. The third-order valence-corrected chi connectivity index (χ3v) is 15.8. The first-order chi connectivity index (χ1) is 45.7. The minimum absolute atomic E-state index is 0.00258. The zero-order valence-corrected chi connectivity index (χ0v) is 51.5. The summed E-state index contributed by atoms with van der Waals surface area (Å²) in [6, 6.07) is 14.9. The number of aliphatic hydroxyl groups is 12. The van der Waals surface area contributed by atoms with Crippen LogP contribution in [0.2, 0.25) is 0 Å². The number of rotatable bonds is 26. The molecule has 0 aliphatic carbocycles. The lowest BCUT2D eigenvalue weighted by atomic mass is 9.95. The molecule has 24 atom stereocenters. The lowest BCUT2D eigenvalue weighted by Gasteiger charge is -2.51. The largest absolute Gasteiger partial charge is 0.504 e. The van der Waals surface area contributed by atoms with Crippen molar-refractivity contribution in [2.75, 3.05) is 53.9 Å². The Bertz CT molecular complexity index is 3150. The molecule has 5 heterocycles. The molecule has 0 unspecified atom stereocenters. The van der Waals surface area contributed by atoms with Gasteiger partial charge in [-0.3, -0.25) is 9.59 Å². The summed E-state index contributed by atoms with van der Waals surface area (Å²) in [5.41, 5.74) is 0.316. The van der Waals surface area contributed by atoms with E-state index in [0.717, 1.165) is 32.1 Å². The van der Waals surface area contributed by atoms with Crippen LogP contribution in [0.1, 0.15) is 35.3 Å². The van der Waals surface area contributed by atoms with Gasteiger partial charge in [0, 0.05) is 26.0 Å². The van der Waals surface area contributed by atoms with Gasteiger partial charge >= 0.3 is 29.8 Å². The summed E-state index contributed by atoms with van der Waals surface area (Å²) >= 11 is 0. The molecule has 0 bridgehead atoms. The third kappa shape index (κ3) is 17.6. The van der Waals surface area contributed by atoms with Crippen molar-refractivity contribution < 1.29 is 171 Å². The first-order valence-corrected chi connectivity index (χ1v) is 29.6. The number of phenols is 2. The van der Waals surface area contributed by atoms with E-state index in [4.69, 9.17) is 75.8 Å². The van der Waals surface area contributed by atoms with Crippen LogP contribution in [0.3, 0.4) is 0 Å². The van der Waals surface area contributed by atoms with Crippen LogP contribution in [-0.2, 0) is 85.5 Å². The second kappa shape index (κ2) is 33.4. The number of phenolic OH excluding ortho intramolecular Hbond substituents is 2. The minimum atomic E-state index is -3.03. The molecule has 5 aliphatic rings. The van der Waals surface area contributed by atoms with Gasteiger partial charge in [-0.2, -0.15) is 0 Å². The highest BCUT2D eigenvalue weighted by Crippen LogP contribution is 2.43. The Labute approximate surface area is 545 Å². The number of esters is 5. The van der Waals surface area contributed by atoms with Crippen molar-refractivity contribution in [3.8, 4) is 23.0 Å². The van der Waals surface area contributed by atoms with E-state index in [9.17, 15) is 95.5 Å². The van der Waals surface area contributed by atoms with E-state index in [1.54, 1.807) is 6.07 Å². The van der Waals surface area contributed by atoms with Crippen LogP contribution in [0.5, 0.6) is 23.0 Å². The van der Waals surface area contributed by atoms with E-state index in [1.165, 1.54) is 81.0 Å². The van der Waals surface area contributed by atoms with Crippen molar-refractivity contribution in [1.82, 2.24) is 0 Å². The van der Waals surface area contributed by atoms with Crippen LogP contribution in [-0.4, -0.2) is 302 Å². The first-order valence-electron chi connectivity index (χ1n) is 29.6. The zero-order chi connectivity index (χ0) is 69.9. The molecule has 3 aromatic carbocycles. The van der Waals surface area contributed by atoms with Crippen molar-refractivity contribution in [3.63, 3.8) is 0 Å². The van der Waals surface area contributed by atoms with Gasteiger partial charge in [-0.05, 0) is 59.7 Å². The number of ether oxygens (including phenoxy) is 16. The van der Waals surface area contributed by atoms with E-state index >= 15 is 0 Å². The van der Waals surface area contributed by atoms with Crippen LogP contribution in [0.15, 0.2) is 78.9 Å². The van der Waals surface area contributed by atoms with E-state index in [1.807, 2.05) is 0 Å². The van der Waals surface area contributed by atoms with Gasteiger partial charge in [0.15, 0.2) is 60.4 Å². The van der Waals surface area contributed by atoms with E-state index in [0.29, 0.717) is 0 Å². The molecule has 0 saturated carbocycles. The molecule has 0 aromatic heterocycles. The summed E-state index contributed by atoms with van der Waals surface area (Å²) < 4.78 is 94.2. The fourth-order valence-corrected chi connectivity index (χ4v) is 10.8. The molecule has 14 N–H and O–H groups in total. The molecule has 35 heteroatoms. The molecular weight excluding hydrogens is 1290 g/mol. The number of methoxy groups -OCH3 is 2. The number of hydrogen-bond donors (Lipinski definition) is 14. The van der Waals surface area contributed by atoms with Crippen LogP contribution in [0.25, 0.3) is 12.2 Å². The Morgan fingerprint density at radius 3 is 1.44 bits per heavy atom. The molecule has 530 valence electrons. The van der Waals surface area contributed by atoms with Crippen molar-refractivity contribution in [2.24, 2.45) is 0 Å². The smallest absolute Gasteiger partial charge is 0.338 e. The van der Waals surface area contributed by atoms with Gasteiger partial charge in [-0.25, -0.2) is 14.4 Å². The van der Waals surface area contributed by atoms with E-state index in [-0.39, 0.29) is 39.7 Å². The fraction of sp³-hybridized carbons (Fsp3) is 0.557. The topological polar surface area (TPSA) is 516 Å². The van der Waals surface area contributed by atoms with Crippen LogP contribution in [0.4, 0.5) is 0 Å². The summed E-state index contributed by atoms with van der Waals surface area (Å²) in [6.45, 7) is -4.52. The second-order valence-electron chi connectivity index (χ2n) is 22.4. The van der Waals surface area contributed by atoms with Crippen LogP contribution >= 0.6 is 0 Å². The van der Waals surface area contributed by atoms with Gasteiger partial charge in [0.1, 0.15) is 124 Å². The predicted molar refractivity (Wildman–Crippen MR) is 310 cm³/mol. The monoisotopic (exact) mass is 1370 g/mol. The van der Waals surface area contributed by atoms with Crippen molar-refractivity contribution in [2.45, 2.75) is 161 Å². The summed E-state index contributed by atoms with van der Waals surface area (Å²) in [6.07, 6.45) is -45.7. The van der Waals surface area contributed by atoms with Crippen molar-refractivity contribution in [3.05, 3.63) is 95.6 Å². The normalized spacial score (nSPS) is 35.4. The number of hydrogen-bond acceptors (Lipinski definition) is 35. The first kappa shape index (κ1) is 74.6. The molecule has 5 saturated heterocycles. The maximum Gasteiger partial charge on any atom is 0.338 e. The lowest BCUT2D eigenvalue weighted by molar-refractivity contribution is -0.423. The minimum Gasteiger partial charge on any atom is -0.504 e. The average molecular weight is 1370 g/mol. The van der Waals surface area contributed by atoms with Gasteiger partial charge in [0.25, 0.3) is 0 Å². The molecule has 5 aliphatic heterocycles. The van der Waals surface area contributed by atoms with Crippen molar-refractivity contribution >= 4 is 42.0 Å². The SMILES string of the molecule is COc1cc(/C=C/C(=O)OC[C@@]2(O[C@H]3O[C@H](COC(C)=O)[C@@H](OC(=O)/C=C/c4ccc(O)c(OC)c4)[C@H](O[C@@H]4O[C@@H](COC(C)=O)[C@@H](O[C@H]5O[C@@H](CO)[C@@H](O)[C@H](O)[C@H]5O)[C@H](O)[C@H]4O)[C@H]3O[C@H]3O[C@@H](CO)[C@@H](O)[C@H](O)[C@H]3O)O[C@@H](CO)[C@@H](O)[C@@H]2OC(=O)c2ccccc2)ccc1O. The summed E-state index contributed by atoms with van der Waals surface area (Å²) in [7, 11) is 2.51. The predicted octanol–water partition coefficient (Wildman–Crippen LogP) is -4.96. The molecule has 8 rings (SSSR count). The molecule has 0 spiro atoms. The Kier molecular flexibility index (Phi) is 26.0. The Morgan fingerprint density at radius 2 is 0.938 bits per heavy atom. The number of aromatic hydroxyl groups is 2. The molecule has 96 heavy (non-hydrogen) atoms. The Balaban J connectivity index is 1.29. The quantitative estimate of drug-likeness (QED) is 0.0203. The Hall–Kier alpha value is -7.15. The van der Waals surface area contributed by atoms with Gasteiger partial charge in [0.2, 0.25) is 5.79 Å². The van der Waals surface area contributed by atoms with Crippen molar-refractivity contribution in [1.29, 1.82) is 0 Å². The maximum atomic E-state index is 14.4. The molecule has 0 amide bonds. The number of aliphatic hydroxyl groups excluding tert-OH is 12. The molecule has 3 aromatic rings. The van der Waals surface area contributed by atoms with E-state index < -0.39 is 216 Å². The van der Waals surface area contributed by atoms with Gasteiger partial charge in [0.05, 0.1) is 39.6 Å². The van der Waals surface area contributed by atoms with Gasteiger partial charge < -0.3 is 147 Å². The summed E-state index contributed by atoms with van der Waals surface area (Å²) in [5, 5.41) is 154. The Morgan fingerprint density at radius 1 is 0.479 bits per heavy atom. The van der Waals surface area contributed by atoms with Gasteiger partial charge in [-0.15, -0.1) is 0 Å². The average Bonchev–Trinajstić information content (AvgIpc) is 1.35. The standard InChI is InChI=1S/C61H76O35/c1-26(65)83-23-38-51(91-57-48(77)45(74)42(71)35(20-62)86-57)47(76)50(79)59(88-38)92-53-52(90-41(70)17-13-29-11-15-32(68)34(19-29)82-4)39(24-84-27(2)66)89-60(54(53)93-58-49(78)46(75)43(72)36(21-63)87-58)96-61(25-85-40(69)16-12-28-10-14-31(67)33(18-28)81-3)55(44(73)37(22-64)95-61)94-56(80)30-8-6-5-7-9-30/h5-19,35-39,42-55,57-60,62-64,67-68,71-79H,20-25H2,1-4H3/b16-12+,17-13+/t35-,36-,37-,38-,39+,42+,43+,44+,45-,46-,47+,48+,49+,50+,51+,52+,53-,54+,55-,57+,58+,59-,60+,61-/m0/s1. The maximum absolute atomic E-state index is 14.4. The van der Waals surface area contributed by atoms with Crippen LogP contribution in [0, 0.1) is 0 Å². The third-order valence-electron chi connectivity index (χ3n) is 15.8. The highest BCUT2D eigenvalue weighted by molar-refractivity contribution is 5.90. The van der Waals surface area contributed by atoms with Crippen LogP contribution < -0.4 is 9.47 Å². The molecule has 0 radical (unpaired) electrons. The summed E-state index contributed by atoms with van der Waals surface area (Å²) in [4.78, 5) is 67.8.